The van der Waals surface area contributed by atoms with E-state index in [9.17, 15) is 0 Å². The van der Waals surface area contributed by atoms with E-state index in [2.05, 4.69) is 42.9 Å². The Labute approximate surface area is 156 Å². The molecule has 2 fully saturated rings. The number of nitrogens with one attached hydrogen (secondary N) is 2. The number of rotatable bonds is 7. The highest BCUT2D eigenvalue weighted by Crippen LogP contribution is 2.24. The molecule has 5 nitrogen and oxygen atoms in total. The van der Waals surface area contributed by atoms with Crippen LogP contribution < -0.4 is 15.5 Å². The van der Waals surface area contributed by atoms with Crippen molar-refractivity contribution in [3.63, 3.8) is 0 Å². The second kappa shape index (κ2) is 10.0. The third-order valence-electron chi connectivity index (χ3n) is 5.27. The second-order valence-corrected chi connectivity index (χ2v) is 8.04. The molecule has 2 saturated heterocycles. The molecular formula is C19H33N5S. The molecule has 1 aromatic heterocycles. The number of thiophene rings is 1. The van der Waals surface area contributed by atoms with Gasteiger partial charge in [0, 0.05) is 32.7 Å². The van der Waals surface area contributed by atoms with Gasteiger partial charge in [-0.25, -0.2) is 0 Å². The zero-order chi connectivity index (χ0) is 17.3. The minimum absolute atomic E-state index is 0.534. The minimum atomic E-state index is 0.534. The summed E-state index contributed by atoms with van der Waals surface area (Å²) in [6, 6.07) is 4.90. The van der Waals surface area contributed by atoms with E-state index < -0.39 is 0 Å². The maximum absolute atomic E-state index is 4.40. The standard InChI is InChI=1S/C19H33N5S/c1-20-19(21-10-2-3-11-23-12-4-5-13-23)22-17-8-14-24(15-9-17)18-7-6-16-25-18/h6-7,16-17H,2-5,8-15H2,1H3,(H2,20,21,22). The fraction of sp³-hybridized carbons (Fsp3) is 0.737. The highest BCUT2D eigenvalue weighted by atomic mass is 32.1. The van der Waals surface area contributed by atoms with Crippen molar-refractivity contribution in [2.45, 2.75) is 44.6 Å². The molecule has 140 valence electrons. The minimum Gasteiger partial charge on any atom is -0.363 e. The topological polar surface area (TPSA) is 42.9 Å². The maximum Gasteiger partial charge on any atom is 0.191 e. The van der Waals surface area contributed by atoms with Crippen LogP contribution in [0.25, 0.3) is 0 Å². The fourth-order valence-corrected chi connectivity index (χ4v) is 4.54. The molecule has 0 spiro atoms. The van der Waals surface area contributed by atoms with Crippen LogP contribution in [0.4, 0.5) is 5.00 Å². The van der Waals surface area contributed by atoms with E-state index in [0.29, 0.717) is 6.04 Å². The van der Waals surface area contributed by atoms with Crippen molar-refractivity contribution >= 4 is 22.3 Å². The summed E-state index contributed by atoms with van der Waals surface area (Å²) in [6.45, 7) is 7.15. The van der Waals surface area contributed by atoms with E-state index >= 15 is 0 Å². The molecule has 0 saturated carbocycles. The van der Waals surface area contributed by atoms with Crippen LogP contribution in [0.5, 0.6) is 0 Å². The summed E-state index contributed by atoms with van der Waals surface area (Å²) in [7, 11) is 1.88. The molecule has 0 aromatic carbocycles. The number of aliphatic imine (C=N–C) groups is 1. The molecular weight excluding hydrogens is 330 g/mol. The largest absolute Gasteiger partial charge is 0.363 e. The molecule has 25 heavy (non-hydrogen) atoms. The molecule has 1 aromatic rings. The van der Waals surface area contributed by atoms with E-state index in [4.69, 9.17) is 0 Å². The molecule has 0 bridgehead atoms. The third-order valence-corrected chi connectivity index (χ3v) is 6.20. The summed E-state index contributed by atoms with van der Waals surface area (Å²) >= 11 is 1.84. The number of hydrogen-bond donors (Lipinski definition) is 2. The zero-order valence-electron chi connectivity index (χ0n) is 15.5. The summed E-state index contributed by atoms with van der Waals surface area (Å²) in [6.07, 6.45) is 7.62. The average molecular weight is 364 g/mol. The number of nitrogens with zero attached hydrogens (tertiary/aromatic N) is 3. The van der Waals surface area contributed by atoms with Crippen LogP contribution in [0.15, 0.2) is 22.5 Å². The Morgan fingerprint density at radius 1 is 1.20 bits per heavy atom. The van der Waals surface area contributed by atoms with Crippen molar-refractivity contribution in [2.75, 3.05) is 51.2 Å². The van der Waals surface area contributed by atoms with Crippen LogP contribution in [0, 0.1) is 0 Å². The van der Waals surface area contributed by atoms with Gasteiger partial charge in [-0.2, -0.15) is 0 Å². The van der Waals surface area contributed by atoms with Crippen LogP contribution in [-0.4, -0.2) is 63.2 Å². The van der Waals surface area contributed by atoms with Crippen LogP contribution in [0.3, 0.4) is 0 Å². The lowest BCUT2D eigenvalue weighted by Crippen LogP contribution is -2.48. The van der Waals surface area contributed by atoms with Crippen molar-refractivity contribution < 1.29 is 0 Å². The monoisotopic (exact) mass is 363 g/mol. The van der Waals surface area contributed by atoms with Gasteiger partial charge in [-0.15, -0.1) is 11.3 Å². The summed E-state index contributed by atoms with van der Waals surface area (Å²) in [4.78, 5) is 9.49. The highest BCUT2D eigenvalue weighted by molar-refractivity contribution is 7.14. The number of likely N-dealkylation sites (tertiary alicyclic amines) is 1. The smallest absolute Gasteiger partial charge is 0.191 e. The molecule has 6 heteroatoms. The molecule has 0 aliphatic carbocycles. The number of anilines is 1. The third kappa shape index (κ3) is 5.89. The molecule has 2 aliphatic rings. The lowest BCUT2D eigenvalue weighted by atomic mass is 10.1. The molecule has 0 unspecified atom stereocenters. The maximum atomic E-state index is 4.40. The Kier molecular flexibility index (Phi) is 7.42. The lowest BCUT2D eigenvalue weighted by Gasteiger charge is -2.33. The summed E-state index contributed by atoms with van der Waals surface area (Å²) in [5.74, 6) is 0.968. The normalized spacial score (nSPS) is 20.2. The van der Waals surface area contributed by atoms with Crippen LogP contribution >= 0.6 is 11.3 Å². The first-order valence-electron chi connectivity index (χ1n) is 9.83. The van der Waals surface area contributed by atoms with Gasteiger partial charge in [0.1, 0.15) is 0 Å². The quantitative estimate of drug-likeness (QED) is 0.444. The van der Waals surface area contributed by atoms with Gasteiger partial charge in [0.25, 0.3) is 0 Å². The summed E-state index contributed by atoms with van der Waals surface area (Å²) in [5.41, 5.74) is 0. The molecule has 0 radical (unpaired) electrons. The molecule has 3 heterocycles. The summed E-state index contributed by atoms with van der Waals surface area (Å²) in [5, 5.41) is 10.7. The first-order valence-corrected chi connectivity index (χ1v) is 10.7. The summed E-state index contributed by atoms with van der Waals surface area (Å²) < 4.78 is 0. The number of unbranched alkanes of at least 4 members (excludes halogenated alkanes) is 1. The molecule has 2 N–H and O–H groups in total. The van der Waals surface area contributed by atoms with Crippen molar-refractivity contribution in [3.8, 4) is 0 Å². The van der Waals surface area contributed by atoms with E-state index in [1.165, 1.54) is 63.2 Å². The van der Waals surface area contributed by atoms with E-state index in [1.54, 1.807) is 0 Å². The van der Waals surface area contributed by atoms with Crippen molar-refractivity contribution in [1.82, 2.24) is 15.5 Å². The van der Waals surface area contributed by atoms with Crippen molar-refractivity contribution in [1.29, 1.82) is 0 Å². The van der Waals surface area contributed by atoms with Crippen molar-refractivity contribution in [2.24, 2.45) is 4.99 Å². The Hall–Kier alpha value is -1.27. The first-order chi connectivity index (χ1) is 12.3. The van der Waals surface area contributed by atoms with Crippen LogP contribution in [-0.2, 0) is 0 Å². The first kappa shape index (κ1) is 18.5. The Morgan fingerprint density at radius 3 is 2.68 bits per heavy atom. The predicted molar refractivity (Wildman–Crippen MR) is 109 cm³/mol. The SMILES string of the molecule is CN=C(NCCCCN1CCCC1)NC1CCN(c2cccs2)CC1. The molecule has 2 aliphatic heterocycles. The lowest BCUT2D eigenvalue weighted by molar-refractivity contribution is 0.330. The Morgan fingerprint density at radius 2 is 2.00 bits per heavy atom. The van der Waals surface area contributed by atoms with Gasteiger partial charge in [-0.05, 0) is 75.7 Å². The van der Waals surface area contributed by atoms with Gasteiger partial charge in [-0.3, -0.25) is 4.99 Å². The van der Waals surface area contributed by atoms with Gasteiger partial charge in [-0.1, -0.05) is 0 Å². The molecule has 0 amide bonds. The van der Waals surface area contributed by atoms with Crippen LogP contribution in [0.2, 0.25) is 0 Å². The molecule has 0 atom stereocenters. The Balaban J connectivity index is 1.28. The van der Waals surface area contributed by atoms with Gasteiger partial charge >= 0.3 is 0 Å². The zero-order valence-corrected chi connectivity index (χ0v) is 16.4. The van der Waals surface area contributed by atoms with Gasteiger partial charge in [0.15, 0.2) is 5.96 Å². The average Bonchev–Trinajstić information content (AvgIpc) is 3.35. The number of hydrogen-bond acceptors (Lipinski definition) is 4. The van der Waals surface area contributed by atoms with Gasteiger partial charge in [0.05, 0.1) is 5.00 Å². The van der Waals surface area contributed by atoms with Gasteiger partial charge in [0.2, 0.25) is 0 Å². The van der Waals surface area contributed by atoms with Crippen LogP contribution in [0.1, 0.15) is 38.5 Å². The van der Waals surface area contributed by atoms with Crippen molar-refractivity contribution in [3.05, 3.63) is 17.5 Å². The van der Waals surface area contributed by atoms with E-state index in [0.717, 1.165) is 25.6 Å². The van der Waals surface area contributed by atoms with E-state index in [1.807, 2.05) is 18.4 Å². The Bertz CT molecular complexity index is 502. The molecule has 3 rings (SSSR count). The number of piperidine rings is 1. The van der Waals surface area contributed by atoms with E-state index in [-0.39, 0.29) is 0 Å². The van der Waals surface area contributed by atoms with Gasteiger partial charge < -0.3 is 20.4 Å². The fourth-order valence-electron chi connectivity index (χ4n) is 3.76. The second-order valence-electron chi connectivity index (χ2n) is 7.11. The highest BCUT2D eigenvalue weighted by Gasteiger charge is 2.20. The number of guanidine groups is 1. The predicted octanol–water partition coefficient (Wildman–Crippen LogP) is 2.76.